The lowest BCUT2D eigenvalue weighted by molar-refractivity contribution is 0.169. The van der Waals surface area contributed by atoms with Crippen molar-refractivity contribution in [3.05, 3.63) is 35.4 Å². The maximum atomic E-state index is 6.68. The van der Waals surface area contributed by atoms with Crippen molar-refractivity contribution in [3.8, 4) is 0 Å². The molecule has 1 aromatic carbocycles. The van der Waals surface area contributed by atoms with Crippen LogP contribution in [0.5, 0.6) is 0 Å². The molecule has 116 valence electrons. The molecule has 1 saturated heterocycles. The lowest BCUT2D eigenvalue weighted by atomic mass is 9.80. The molecule has 0 bridgehead atoms. The summed E-state index contributed by atoms with van der Waals surface area (Å²) in [5.41, 5.74) is 9.96. The number of nitrogens with two attached hydrogens (primary N) is 1. The summed E-state index contributed by atoms with van der Waals surface area (Å²) in [7, 11) is 0. The van der Waals surface area contributed by atoms with E-state index < -0.39 is 0 Å². The molecule has 1 aromatic rings. The van der Waals surface area contributed by atoms with Crippen LogP contribution in [0.3, 0.4) is 0 Å². The average Bonchev–Trinajstić information content (AvgIpc) is 2.87. The number of hydrogen-bond acceptors (Lipinski definition) is 2. The van der Waals surface area contributed by atoms with Gasteiger partial charge in [-0.25, -0.2) is 0 Å². The third-order valence-corrected chi connectivity index (χ3v) is 5.69. The second-order valence-electron chi connectivity index (χ2n) is 8.03. The maximum absolute atomic E-state index is 6.68. The summed E-state index contributed by atoms with van der Waals surface area (Å²) < 4.78 is 0. The molecule has 1 heterocycles. The normalized spacial score (nSPS) is 31.0. The maximum Gasteiger partial charge on any atom is 0.0455 e. The van der Waals surface area contributed by atoms with Crippen LogP contribution in [0.1, 0.15) is 57.2 Å². The van der Waals surface area contributed by atoms with Gasteiger partial charge in [-0.3, -0.25) is 4.90 Å². The van der Waals surface area contributed by atoms with E-state index in [2.05, 4.69) is 49.9 Å². The van der Waals surface area contributed by atoms with Crippen LogP contribution in [-0.4, -0.2) is 24.0 Å². The molecule has 0 spiro atoms. The number of likely N-dealkylation sites (tertiary alicyclic amines) is 1. The van der Waals surface area contributed by atoms with Crippen molar-refractivity contribution in [2.45, 2.75) is 58.5 Å². The molecule has 2 heteroatoms. The van der Waals surface area contributed by atoms with Crippen LogP contribution < -0.4 is 5.73 Å². The highest BCUT2D eigenvalue weighted by atomic mass is 15.2. The van der Waals surface area contributed by atoms with Crippen LogP contribution in [0, 0.1) is 11.3 Å². The van der Waals surface area contributed by atoms with Gasteiger partial charge >= 0.3 is 0 Å². The third-order valence-electron chi connectivity index (χ3n) is 5.69. The van der Waals surface area contributed by atoms with Crippen molar-refractivity contribution < 1.29 is 0 Å². The molecule has 21 heavy (non-hydrogen) atoms. The molecule has 3 unspecified atom stereocenters. The van der Waals surface area contributed by atoms with E-state index in [-0.39, 0.29) is 6.04 Å². The molecule has 1 fully saturated rings. The van der Waals surface area contributed by atoms with Crippen molar-refractivity contribution in [3.63, 3.8) is 0 Å². The van der Waals surface area contributed by atoms with Crippen LogP contribution in [0.4, 0.5) is 0 Å². The molecule has 2 aliphatic rings. The van der Waals surface area contributed by atoms with E-state index in [4.69, 9.17) is 5.73 Å². The van der Waals surface area contributed by atoms with Crippen molar-refractivity contribution >= 4 is 0 Å². The summed E-state index contributed by atoms with van der Waals surface area (Å²) in [6.45, 7) is 9.59. The molecular weight excluding hydrogens is 256 g/mol. The number of rotatable bonds is 1. The van der Waals surface area contributed by atoms with Gasteiger partial charge in [-0.15, -0.1) is 0 Å². The Labute approximate surface area is 129 Å². The highest BCUT2D eigenvalue weighted by Gasteiger charge is 2.37. The Morgan fingerprint density at radius 2 is 1.90 bits per heavy atom. The highest BCUT2D eigenvalue weighted by molar-refractivity contribution is 5.32. The Hall–Kier alpha value is -0.860. The minimum absolute atomic E-state index is 0.183. The lowest BCUT2D eigenvalue weighted by Crippen LogP contribution is -2.42. The van der Waals surface area contributed by atoms with Gasteiger partial charge in [-0.1, -0.05) is 45.0 Å². The van der Waals surface area contributed by atoms with Gasteiger partial charge in [0.1, 0.15) is 0 Å². The van der Waals surface area contributed by atoms with Crippen LogP contribution in [-0.2, 0) is 6.42 Å². The molecule has 0 radical (unpaired) electrons. The van der Waals surface area contributed by atoms with E-state index >= 15 is 0 Å². The van der Waals surface area contributed by atoms with E-state index in [1.165, 1.54) is 49.9 Å². The fraction of sp³-hybridized carbons (Fsp3) is 0.684. The fourth-order valence-electron chi connectivity index (χ4n) is 4.18. The molecule has 0 amide bonds. The second kappa shape index (κ2) is 5.73. The van der Waals surface area contributed by atoms with Crippen LogP contribution in [0.25, 0.3) is 0 Å². The zero-order valence-corrected chi connectivity index (χ0v) is 13.8. The lowest BCUT2D eigenvalue weighted by Gasteiger charge is -2.33. The second-order valence-corrected chi connectivity index (χ2v) is 8.03. The first-order valence-corrected chi connectivity index (χ1v) is 8.54. The fourth-order valence-corrected chi connectivity index (χ4v) is 4.18. The first-order valence-electron chi connectivity index (χ1n) is 8.54. The zero-order valence-electron chi connectivity index (χ0n) is 13.8. The summed E-state index contributed by atoms with van der Waals surface area (Å²) in [5.74, 6) is 0.809. The minimum Gasteiger partial charge on any atom is -0.323 e. The van der Waals surface area contributed by atoms with Crippen molar-refractivity contribution in [1.29, 1.82) is 0 Å². The standard InChI is InChI=1S/C19H30N2/c1-19(2,3)15-11-12-21(13-15)17-10-6-8-14-7-4-5-9-16(14)18(17)20/h4-5,7,9,15,17-18H,6,8,10-13,20H2,1-3H3. The van der Waals surface area contributed by atoms with Crippen molar-refractivity contribution in [1.82, 2.24) is 4.90 Å². The quantitative estimate of drug-likeness (QED) is 0.797. The molecule has 0 saturated carbocycles. The predicted octanol–water partition coefficient (Wildman–Crippen LogP) is 3.76. The number of nitrogens with zero attached hydrogens (tertiary/aromatic N) is 1. The average molecular weight is 286 g/mol. The van der Waals surface area contributed by atoms with Crippen LogP contribution in [0.15, 0.2) is 24.3 Å². The first kappa shape index (κ1) is 15.1. The highest BCUT2D eigenvalue weighted by Crippen LogP contribution is 2.38. The SMILES string of the molecule is CC(C)(C)C1CCN(C2CCCc3ccccc3C2N)C1. The number of fused-ring (bicyclic) bond motifs is 1. The monoisotopic (exact) mass is 286 g/mol. The first-order chi connectivity index (χ1) is 9.97. The van der Waals surface area contributed by atoms with Gasteiger partial charge in [0.15, 0.2) is 0 Å². The molecule has 3 rings (SSSR count). The van der Waals surface area contributed by atoms with Gasteiger partial charge in [0.05, 0.1) is 0 Å². The number of aryl methyl sites for hydroxylation is 1. The molecule has 3 atom stereocenters. The van der Waals surface area contributed by atoms with Crippen molar-refractivity contribution in [2.75, 3.05) is 13.1 Å². The minimum atomic E-state index is 0.183. The van der Waals surface area contributed by atoms with Gasteiger partial charge in [0.2, 0.25) is 0 Å². The Morgan fingerprint density at radius 3 is 2.62 bits per heavy atom. The summed E-state index contributed by atoms with van der Waals surface area (Å²) in [4.78, 5) is 2.68. The third kappa shape index (κ3) is 3.02. The smallest absolute Gasteiger partial charge is 0.0455 e. The Morgan fingerprint density at radius 1 is 1.14 bits per heavy atom. The largest absolute Gasteiger partial charge is 0.323 e. The number of hydrogen-bond donors (Lipinski definition) is 1. The van der Waals surface area contributed by atoms with Gasteiger partial charge in [-0.05, 0) is 54.7 Å². The number of benzene rings is 1. The Bertz CT molecular complexity index is 489. The topological polar surface area (TPSA) is 29.3 Å². The van der Waals surface area contributed by atoms with E-state index in [0.29, 0.717) is 11.5 Å². The molecule has 0 aromatic heterocycles. The summed E-state index contributed by atoms with van der Waals surface area (Å²) >= 11 is 0. The van der Waals surface area contributed by atoms with Gasteiger partial charge in [-0.2, -0.15) is 0 Å². The van der Waals surface area contributed by atoms with E-state index in [0.717, 1.165) is 5.92 Å². The van der Waals surface area contributed by atoms with Gasteiger partial charge in [0.25, 0.3) is 0 Å². The van der Waals surface area contributed by atoms with Gasteiger partial charge < -0.3 is 5.73 Å². The Kier molecular flexibility index (Phi) is 4.11. The van der Waals surface area contributed by atoms with Crippen LogP contribution in [0.2, 0.25) is 0 Å². The molecule has 1 aliphatic heterocycles. The zero-order chi connectivity index (χ0) is 15.0. The van der Waals surface area contributed by atoms with Gasteiger partial charge in [0, 0.05) is 18.6 Å². The molecule has 2 nitrogen and oxygen atoms in total. The molecule has 2 N–H and O–H groups in total. The summed E-state index contributed by atoms with van der Waals surface area (Å²) in [6.07, 6.45) is 5.03. The van der Waals surface area contributed by atoms with E-state index in [9.17, 15) is 0 Å². The molecule has 1 aliphatic carbocycles. The Balaban J connectivity index is 1.78. The summed E-state index contributed by atoms with van der Waals surface area (Å²) in [6, 6.07) is 9.51. The van der Waals surface area contributed by atoms with Crippen molar-refractivity contribution in [2.24, 2.45) is 17.1 Å². The van der Waals surface area contributed by atoms with E-state index in [1.807, 2.05) is 0 Å². The van der Waals surface area contributed by atoms with E-state index in [1.54, 1.807) is 0 Å². The summed E-state index contributed by atoms with van der Waals surface area (Å²) in [5, 5.41) is 0. The molecular formula is C19H30N2. The predicted molar refractivity (Wildman–Crippen MR) is 89.2 cm³/mol. The van der Waals surface area contributed by atoms with Crippen LogP contribution >= 0.6 is 0 Å².